The van der Waals surface area contributed by atoms with Gasteiger partial charge in [-0.15, -0.1) is 0 Å². The van der Waals surface area contributed by atoms with Crippen LogP contribution >= 0.6 is 0 Å². The average molecular weight is 474 g/mol. The highest BCUT2D eigenvalue weighted by molar-refractivity contribution is 6.22. The summed E-state index contributed by atoms with van der Waals surface area (Å²) >= 11 is 0. The number of imide groups is 1. The van der Waals surface area contributed by atoms with E-state index in [9.17, 15) is 18.8 Å². The van der Waals surface area contributed by atoms with Crippen molar-refractivity contribution in [3.8, 4) is 0 Å². The van der Waals surface area contributed by atoms with Crippen LogP contribution in [-0.2, 0) is 22.4 Å². The van der Waals surface area contributed by atoms with Gasteiger partial charge in [-0.3, -0.25) is 9.59 Å². The fourth-order valence-electron chi connectivity index (χ4n) is 4.17. The van der Waals surface area contributed by atoms with Crippen molar-refractivity contribution in [2.45, 2.75) is 39.2 Å². The number of nitrogens with zero attached hydrogens (tertiary/aromatic N) is 2. The van der Waals surface area contributed by atoms with E-state index in [1.807, 2.05) is 50.2 Å². The number of nitrogens with one attached hydrogen (secondary N) is 1. The van der Waals surface area contributed by atoms with Crippen molar-refractivity contribution in [2.24, 2.45) is 0 Å². The molecule has 0 aliphatic carbocycles. The number of urea groups is 1. The minimum atomic E-state index is -0.981. The predicted molar refractivity (Wildman–Crippen MR) is 134 cm³/mol. The minimum Gasteiger partial charge on any atom is -0.326 e. The highest BCUT2D eigenvalue weighted by Crippen LogP contribution is 2.28. The average Bonchev–Trinajstić information content (AvgIpc) is 3.08. The Hall–Kier alpha value is -4.00. The molecule has 4 amide bonds. The molecule has 1 heterocycles. The molecule has 1 saturated heterocycles. The lowest BCUT2D eigenvalue weighted by Crippen LogP contribution is -2.39. The van der Waals surface area contributed by atoms with E-state index in [2.05, 4.69) is 5.32 Å². The molecule has 6 nitrogen and oxygen atoms in total. The number of carbonyl (C=O) groups is 3. The lowest BCUT2D eigenvalue weighted by molar-refractivity contribution is -0.124. The maximum atomic E-state index is 14.2. The summed E-state index contributed by atoms with van der Waals surface area (Å²) in [5.41, 5.74) is 3.65. The monoisotopic (exact) mass is 473 g/mol. The molecule has 3 aromatic carbocycles. The van der Waals surface area contributed by atoms with E-state index in [0.29, 0.717) is 16.9 Å². The molecular formula is C28H28FN3O3. The van der Waals surface area contributed by atoms with Crippen molar-refractivity contribution in [1.82, 2.24) is 4.90 Å². The number of aryl methyl sites for hydroxylation is 2. The van der Waals surface area contributed by atoms with Crippen LogP contribution in [0.3, 0.4) is 0 Å². The normalized spacial score (nSPS) is 15.6. The molecule has 1 aliphatic rings. The second-order valence-electron chi connectivity index (χ2n) is 8.65. The fourth-order valence-corrected chi connectivity index (χ4v) is 4.17. The van der Waals surface area contributed by atoms with Crippen molar-refractivity contribution in [2.75, 3.05) is 16.8 Å². The number of halogens is 1. The van der Waals surface area contributed by atoms with Gasteiger partial charge in [-0.05, 0) is 61.2 Å². The Morgan fingerprint density at radius 2 is 1.66 bits per heavy atom. The van der Waals surface area contributed by atoms with Crippen LogP contribution in [0.25, 0.3) is 0 Å². The maximum absolute atomic E-state index is 14.2. The minimum absolute atomic E-state index is 0.108. The molecule has 0 aromatic heterocycles. The Labute approximate surface area is 204 Å². The highest BCUT2D eigenvalue weighted by atomic mass is 19.1. The number of hydrogen-bond donors (Lipinski definition) is 1. The molecule has 35 heavy (non-hydrogen) atoms. The van der Waals surface area contributed by atoms with E-state index in [1.54, 1.807) is 30.3 Å². The van der Waals surface area contributed by atoms with Crippen LogP contribution in [0.15, 0.2) is 72.8 Å². The van der Waals surface area contributed by atoms with Gasteiger partial charge in [-0.25, -0.2) is 14.1 Å². The third-order valence-electron chi connectivity index (χ3n) is 6.22. The Kier molecular flexibility index (Phi) is 7.25. The van der Waals surface area contributed by atoms with E-state index in [-0.39, 0.29) is 31.1 Å². The zero-order valence-corrected chi connectivity index (χ0v) is 19.8. The van der Waals surface area contributed by atoms with Gasteiger partial charge in [0.2, 0.25) is 5.91 Å². The smallest absolute Gasteiger partial charge is 0.326 e. The van der Waals surface area contributed by atoms with Crippen LogP contribution in [0.2, 0.25) is 0 Å². The predicted octanol–water partition coefficient (Wildman–Crippen LogP) is 5.11. The molecular weight excluding hydrogens is 445 g/mol. The summed E-state index contributed by atoms with van der Waals surface area (Å²) in [5.74, 6) is -1.21. The van der Waals surface area contributed by atoms with E-state index in [4.69, 9.17) is 0 Å². The van der Waals surface area contributed by atoms with Crippen LogP contribution in [0.5, 0.6) is 0 Å². The van der Waals surface area contributed by atoms with E-state index >= 15 is 0 Å². The van der Waals surface area contributed by atoms with E-state index in [1.165, 1.54) is 11.0 Å². The summed E-state index contributed by atoms with van der Waals surface area (Å²) in [6.07, 6.45) is 0.919. The van der Waals surface area contributed by atoms with Crippen molar-refractivity contribution in [1.29, 1.82) is 0 Å². The first-order chi connectivity index (χ1) is 16.9. The topological polar surface area (TPSA) is 69.7 Å². The van der Waals surface area contributed by atoms with Crippen molar-refractivity contribution >= 4 is 29.2 Å². The number of hydrogen-bond acceptors (Lipinski definition) is 3. The molecule has 1 fully saturated rings. The summed E-state index contributed by atoms with van der Waals surface area (Å²) in [4.78, 5) is 42.0. The molecule has 7 heteroatoms. The fraction of sp³-hybridized carbons (Fsp3) is 0.250. The quantitative estimate of drug-likeness (QED) is 0.463. The summed E-state index contributed by atoms with van der Waals surface area (Å²) in [5, 5.41) is 2.81. The molecule has 0 spiro atoms. The van der Waals surface area contributed by atoms with Gasteiger partial charge in [-0.2, -0.15) is 0 Å². The molecule has 4 rings (SSSR count). The maximum Gasteiger partial charge on any atom is 0.332 e. The number of carbonyl (C=O) groups excluding carboxylic acids is 3. The first-order valence-electron chi connectivity index (χ1n) is 11.7. The summed E-state index contributed by atoms with van der Waals surface area (Å²) in [7, 11) is 0. The van der Waals surface area contributed by atoms with Gasteiger partial charge in [0, 0.05) is 12.2 Å². The zero-order valence-electron chi connectivity index (χ0n) is 19.8. The van der Waals surface area contributed by atoms with E-state index in [0.717, 1.165) is 22.4 Å². The highest BCUT2D eigenvalue weighted by Gasteiger charge is 2.46. The molecule has 0 radical (unpaired) electrons. The molecule has 0 saturated carbocycles. The standard InChI is InChI=1S/C28H28FN3O3/c1-3-20-10-12-22(13-11-20)30-26(33)18-25-27(34)32(23-14-8-19(2)9-15-23)28(35)31(25)17-16-21-6-4-5-7-24(21)29/h4-15,25H,3,16-18H2,1-2H3,(H,30,33)/t25-/m0/s1. The van der Waals surface area contributed by atoms with Crippen molar-refractivity contribution in [3.05, 3.63) is 95.3 Å². The van der Waals surface area contributed by atoms with Gasteiger partial charge >= 0.3 is 6.03 Å². The van der Waals surface area contributed by atoms with Gasteiger partial charge < -0.3 is 10.2 Å². The third kappa shape index (κ3) is 5.40. The first kappa shape index (κ1) is 24.1. The van der Waals surface area contributed by atoms with Crippen LogP contribution in [-0.4, -0.2) is 35.3 Å². The molecule has 1 aliphatic heterocycles. The number of anilines is 2. The van der Waals surface area contributed by atoms with Crippen molar-refractivity contribution < 1.29 is 18.8 Å². The second-order valence-corrected chi connectivity index (χ2v) is 8.65. The van der Waals surface area contributed by atoms with Gasteiger partial charge in [-0.1, -0.05) is 55.0 Å². The molecule has 180 valence electrons. The van der Waals surface area contributed by atoms with E-state index < -0.39 is 18.0 Å². The van der Waals surface area contributed by atoms with Gasteiger partial charge in [0.1, 0.15) is 11.9 Å². The number of benzene rings is 3. The molecule has 3 aromatic rings. The SMILES string of the molecule is CCc1ccc(NC(=O)C[C@H]2C(=O)N(c3ccc(C)cc3)C(=O)N2CCc2ccccc2F)cc1. The van der Waals surface area contributed by atoms with Crippen LogP contribution in [0.1, 0.15) is 30.0 Å². The van der Waals surface area contributed by atoms with Crippen LogP contribution in [0, 0.1) is 12.7 Å². The zero-order chi connectivity index (χ0) is 24.9. The van der Waals surface area contributed by atoms with Crippen LogP contribution in [0.4, 0.5) is 20.6 Å². The van der Waals surface area contributed by atoms with Crippen LogP contribution < -0.4 is 10.2 Å². The Morgan fingerprint density at radius 1 is 0.971 bits per heavy atom. The molecule has 1 N–H and O–H groups in total. The Balaban J connectivity index is 1.55. The molecule has 0 unspecified atom stereocenters. The van der Waals surface area contributed by atoms with Crippen molar-refractivity contribution in [3.63, 3.8) is 0 Å². The van der Waals surface area contributed by atoms with Gasteiger partial charge in [0.05, 0.1) is 12.1 Å². The summed E-state index contributed by atoms with van der Waals surface area (Å²) < 4.78 is 14.2. The lowest BCUT2D eigenvalue weighted by Gasteiger charge is -2.21. The third-order valence-corrected chi connectivity index (χ3v) is 6.22. The Bertz CT molecular complexity index is 1220. The summed E-state index contributed by atoms with van der Waals surface area (Å²) in [6, 6.07) is 19.4. The second kappa shape index (κ2) is 10.5. The lowest BCUT2D eigenvalue weighted by atomic mass is 10.1. The number of rotatable bonds is 8. The first-order valence-corrected chi connectivity index (χ1v) is 11.7. The molecule has 0 bridgehead atoms. The number of amides is 4. The summed E-state index contributed by atoms with van der Waals surface area (Å²) in [6.45, 7) is 4.07. The van der Waals surface area contributed by atoms with Gasteiger partial charge in [0.15, 0.2) is 0 Å². The Morgan fingerprint density at radius 3 is 2.31 bits per heavy atom. The largest absolute Gasteiger partial charge is 0.332 e. The van der Waals surface area contributed by atoms with Gasteiger partial charge in [0.25, 0.3) is 5.91 Å². The molecule has 1 atom stereocenters.